The lowest BCUT2D eigenvalue weighted by molar-refractivity contribution is -0.135. The normalized spacial score (nSPS) is 21.5. The first kappa shape index (κ1) is 16.3. The molecule has 0 radical (unpaired) electrons. The van der Waals surface area contributed by atoms with Crippen LogP contribution >= 0.6 is 0 Å². The lowest BCUT2D eigenvalue weighted by Gasteiger charge is -2.14. The van der Waals surface area contributed by atoms with Gasteiger partial charge < -0.3 is 8.92 Å². The van der Waals surface area contributed by atoms with Gasteiger partial charge in [0.25, 0.3) is 0 Å². The van der Waals surface area contributed by atoms with Crippen LogP contribution in [0.15, 0.2) is 41.7 Å². The monoisotopic (exact) mass is 336 g/mol. The van der Waals surface area contributed by atoms with Gasteiger partial charge in [0, 0.05) is 0 Å². The average molecular weight is 336 g/mol. The summed E-state index contributed by atoms with van der Waals surface area (Å²) in [7, 11) is -5.83. The van der Waals surface area contributed by atoms with Gasteiger partial charge in [0.1, 0.15) is 12.4 Å². The number of halogens is 3. The van der Waals surface area contributed by atoms with Gasteiger partial charge in [-0.15, -0.1) is 0 Å². The van der Waals surface area contributed by atoms with Crippen molar-refractivity contribution in [3.05, 3.63) is 47.2 Å². The fourth-order valence-electron chi connectivity index (χ4n) is 2.06. The minimum Gasteiger partial charge on any atom is -0.461 e. The molecule has 1 heterocycles. The molecule has 0 aliphatic carbocycles. The number of carbonyl (C=O) groups is 1. The summed E-state index contributed by atoms with van der Waals surface area (Å²) in [6.45, 7) is 0.895. The van der Waals surface area contributed by atoms with Crippen LogP contribution in [0, 0.1) is 0 Å². The highest BCUT2D eigenvalue weighted by molar-refractivity contribution is 7.87. The SMILES string of the molecule is C/C(OS(=O)(=O)C(F)(F)F)=C1/C(=O)OCC1c1ccccc1. The zero-order valence-corrected chi connectivity index (χ0v) is 12.1. The molecule has 5 nitrogen and oxygen atoms in total. The topological polar surface area (TPSA) is 69.7 Å². The van der Waals surface area contributed by atoms with Crippen molar-refractivity contribution in [2.75, 3.05) is 6.61 Å². The minimum absolute atomic E-state index is 0.0923. The van der Waals surface area contributed by atoms with Crippen molar-refractivity contribution in [2.24, 2.45) is 0 Å². The maximum Gasteiger partial charge on any atom is 0.534 e. The van der Waals surface area contributed by atoms with Crippen LogP contribution in [0.4, 0.5) is 13.2 Å². The Kier molecular flexibility index (Phi) is 4.19. The number of carbonyl (C=O) groups excluding carboxylic acids is 1. The summed E-state index contributed by atoms with van der Waals surface area (Å²) < 4.78 is 67.9. The molecule has 0 bridgehead atoms. The molecular formula is C13H11F3O5S. The molecule has 1 aromatic rings. The van der Waals surface area contributed by atoms with E-state index >= 15 is 0 Å². The molecule has 0 spiro atoms. The van der Waals surface area contributed by atoms with Crippen molar-refractivity contribution >= 4 is 16.1 Å². The molecule has 1 fully saturated rings. The quantitative estimate of drug-likeness (QED) is 0.279. The highest BCUT2D eigenvalue weighted by atomic mass is 32.2. The lowest BCUT2D eigenvalue weighted by atomic mass is 9.93. The molecule has 120 valence electrons. The van der Waals surface area contributed by atoms with Crippen LogP contribution < -0.4 is 0 Å². The summed E-state index contributed by atoms with van der Waals surface area (Å²) in [6, 6.07) is 8.38. The number of esters is 1. The molecule has 1 saturated heterocycles. The molecule has 1 aliphatic rings. The third kappa shape index (κ3) is 3.08. The molecule has 0 saturated carbocycles. The fraction of sp³-hybridized carbons (Fsp3) is 0.308. The van der Waals surface area contributed by atoms with E-state index in [2.05, 4.69) is 4.18 Å². The summed E-state index contributed by atoms with van der Waals surface area (Å²) in [4.78, 5) is 11.7. The number of allylic oxidation sites excluding steroid dienone is 1. The van der Waals surface area contributed by atoms with Crippen molar-refractivity contribution < 1.29 is 35.3 Å². The Bertz CT molecular complexity index is 707. The average Bonchev–Trinajstić information content (AvgIpc) is 2.80. The maximum absolute atomic E-state index is 12.3. The number of alkyl halides is 3. The Morgan fingerprint density at radius 1 is 1.27 bits per heavy atom. The Labute approximate surface area is 124 Å². The van der Waals surface area contributed by atoms with E-state index in [1.165, 1.54) is 0 Å². The summed E-state index contributed by atoms with van der Waals surface area (Å²) in [5.74, 6) is -2.23. The second kappa shape index (κ2) is 5.64. The first-order valence-corrected chi connectivity index (χ1v) is 7.48. The standard InChI is InChI=1S/C13H11F3O5S/c1-8(21-22(18,19)13(14,15)16)11-10(7-20-12(11)17)9-5-3-2-4-6-9/h2-6,10H,7H2,1H3/b11-8-. The molecule has 1 aliphatic heterocycles. The van der Waals surface area contributed by atoms with Gasteiger partial charge in [-0.3, -0.25) is 0 Å². The van der Waals surface area contributed by atoms with Gasteiger partial charge in [0.15, 0.2) is 0 Å². The minimum atomic E-state index is -5.83. The van der Waals surface area contributed by atoms with Crippen molar-refractivity contribution in [3.63, 3.8) is 0 Å². The molecular weight excluding hydrogens is 325 g/mol. The van der Waals surface area contributed by atoms with E-state index in [0.29, 0.717) is 5.56 Å². The van der Waals surface area contributed by atoms with Crippen LogP contribution in [0.5, 0.6) is 0 Å². The molecule has 0 N–H and O–H groups in total. The number of hydrogen-bond donors (Lipinski definition) is 0. The predicted octanol–water partition coefficient (Wildman–Crippen LogP) is 2.47. The smallest absolute Gasteiger partial charge is 0.461 e. The van der Waals surface area contributed by atoms with Crippen molar-refractivity contribution in [1.29, 1.82) is 0 Å². The number of ether oxygens (including phenoxy) is 1. The zero-order chi connectivity index (χ0) is 16.5. The third-order valence-corrected chi connectivity index (χ3v) is 4.09. The second-order valence-electron chi connectivity index (χ2n) is 4.51. The Morgan fingerprint density at radius 2 is 1.86 bits per heavy atom. The number of benzene rings is 1. The van der Waals surface area contributed by atoms with E-state index < -0.39 is 33.3 Å². The number of rotatable bonds is 3. The van der Waals surface area contributed by atoms with E-state index in [-0.39, 0.29) is 12.2 Å². The molecule has 1 aromatic carbocycles. The van der Waals surface area contributed by atoms with Gasteiger partial charge in [-0.05, 0) is 12.5 Å². The predicted molar refractivity (Wildman–Crippen MR) is 68.9 cm³/mol. The highest BCUT2D eigenvalue weighted by Crippen LogP contribution is 2.35. The Hall–Kier alpha value is -2.03. The molecule has 2 rings (SSSR count). The van der Waals surface area contributed by atoms with Crippen molar-refractivity contribution in [3.8, 4) is 0 Å². The summed E-state index contributed by atoms with van der Waals surface area (Å²) in [5.41, 5.74) is -5.20. The number of cyclic esters (lactones) is 1. The van der Waals surface area contributed by atoms with Gasteiger partial charge in [0.2, 0.25) is 0 Å². The maximum atomic E-state index is 12.3. The Morgan fingerprint density at radius 3 is 2.41 bits per heavy atom. The van der Waals surface area contributed by atoms with E-state index in [1.807, 2.05) is 0 Å². The molecule has 0 amide bonds. The zero-order valence-electron chi connectivity index (χ0n) is 11.3. The van der Waals surface area contributed by atoms with Crippen LogP contribution in [-0.2, 0) is 23.8 Å². The largest absolute Gasteiger partial charge is 0.534 e. The number of hydrogen-bond acceptors (Lipinski definition) is 5. The molecule has 0 aromatic heterocycles. The van der Waals surface area contributed by atoms with Crippen LogP contribution in [0.25, 0.3) is 0 Å². The highest BCUT2D eigenvalue weighted by Gasteiger charge is 2.49. The van der Waals surface area contributed by atoms with E-state index in [0.717, 1.165) is 6.92 Å². The molecule has 1 unspecified atom stereocenters. The van der Waals surface area contributed by atoms with E-state index in [4.69, 9.17) is 4.74 Å². The van der Waals surface area contributed by atoms with Crippen molar-refractivity contribution in [1.82, 2.24) is 0 Å². The van der Waals surface area contributed by atoms with Gasteiger partial charge >= 0.3 is 21.6 Å². The van der Waals surface area contributed by atoms with Gasteiger partial charge in [-0.2, -0.15) is 21.6 Å². The second-order valence-corrected chi connectivity index (χ2v) is 6.05. The summed E-state index contributed by atoms with van der Waals surface area (Å²) >= 11 is 0. The molecule has 22 heavy (non-hydrogen) atoms. The Balaban J connectivity index is 2.40. The van der Waals surface area contributed by atoms with E-state index in [9.17, 15) is 26.4 Å². The summed E-state index contributed by atoms with van der Waals surface area (Å²) in [6.07, 6.45) is 0. The molecule has 9 heteroatoms. The first-order valence-electron chi connectivity index (χ1n) is 6.07. The fourth-order valence-corrected chi connectivity index (χ4v) is 2.57. The first-order chi connectivity index (χ1) is 10.1. The van der Waals surface area contributed by atoms with E-state index in [1.54, 1.807) is 30.3 Å². The van der Waals surface area contributed by atoms with Crippen LogP contribution in [0.1, 0.15) is 18.4 Å². The van der Waals surface area contributed by atoms with Crippen LogP contribution in [0.3, 0.4) is 0 Å². The molecule has 1 atom stereocenters. The van der Waals surface area contributed by atoms with Gasteiger partial charge in [-0.1, -0.05) is 30.3 Å². The summed E-state index contributed by atoms with van der Waals surface area (Å²) in [5, 5.41) is 0. The van der Waals surface area contributed by atoms with Crippen molar-refractivity contribution in [2.45, 2.75) is 18.3 Å². The lowest BCUT2D eigenvalue weighted by Crippen LogP contribution is -2.25. The van der Waals surface area contributed by atoms with Crippen LogP contribution in [-0.4, -0.2) is 26.5 Å². The van der Waals surface area contributed by atoms with Gasteiger partial charge in [0.05, 0.1) is 11.5 Å². The van der Waals surface area contributed by atoms with Crippen LogP contribution in [0.2, 0.25) is 0 Å². The third-order valence-electron chi connectivity index (χ3n) is 3.05. The van der Waals surface area contributed by atoms with Gasteiger partial charge in [-0.25, -0.2) is 4.79 Å².